The number of carbonyl (C=O) groups is 1. The van der Waals surface area contributed by atoms with Crippen molar-refractivity contribution in [3.8, 4) is 0 Å². The second kappa shape index (κ2) is 6.60. The van der Waals surface area contributed by atoms with Gasteiger partial charge < -0.3 is 10.2 Å². The van der Waals surface area contributed by atoms with Crippen LogP contribution in [0.1, 0.15) is 26.2 Å². The Morgan fingerprint density at radius 3 is 2.95 bits per heavy atom. The Balaban J connectivity index is 2.19. The molecule has 0 saturated carbocycles. The molecule has 1 aromatic rings. The lowest BCUT2D eigenvalue weighted by molar-refractivity contribution is -0.121. The van der Waals surface area contributed by atoms with Crippen molar-refractivity contribution in [3.05, 3.63) is 28.2 Å². The van der Waals surface area contributed by atoms with E-state index in [2.05, 4.69) is 12.2 Å². The summed E-state index contributed by atoms with van der Waals surface area (Å²) in [5.74, 6) is 0.0869. The highest BCUT2D eigenvalue weighted by Crippen LogP contribution is 2.34. The molecule has 104 valence electrons. The summed E-state index contributed by atoms with van der Waals surface area (Å²) in [6.45, 7) is 3.64. The van der Waals surface area contributed by atoms with E-state index in [-0.39, 0.29) is 11.9 Å². The van der Waals surface area contributed by atoms with Crippen molar-refractivity contribution in [3.63, 3.8) is 0 Å². The molecule has 0 aliphatic carbocycles. The molecule has 1 heterocycles. The minimum atomic E-state index is -0.108. The molecule has 0 aromatic heterocycles. The number of anilines is 1. The summed E-state index contributed by atoms with van der Waals surface area (Å²) in [5, 5.41) is 4.22. The van der Waals surface area contributed by atoms with Crippen LogP contribution in [0.2, 0.25) is 10.0 Å². The van der Waals surface area contributed by atoms with E-state index in [0.717, 1.165) is 25.8 Å². The molecule has 1 fully saturated rings. The highest BCUT2D eigenvalue weighted by molar-refractivity contribution is 6.44. The molecule has 1 N–H and O–H groups in total. The third-order valence-corrected chi connectivity index (χ3v) is 4.11. The Hall–Kier alpha value is -0.770. The molecule has 1 atom stereocenters. The fraction of sp³-hybridized carbons (Fsp3) is 0.500. The predicted molar refractivity (Wildman–Crippen MR) is 80.1 cm³/mol. The molecule has 1 aliphatic rings. The maximum atomic E-state index is 12.5. The lowest BCUT2D eigenvalue weighted by atomic mass is 10.0. The fourth-order valence-corrected chi connectivity index (χ4v) is 2.72. The van der Waals surface area contributed by atoms with Gasteiger partial charge in [-0.3, -0.25) is 4.79 Å². The van der Waals surface area contributed by atoms with Gasteiger partial charge in [0.05, 0.1) is 21.8 Å². The maximum absolute atomic E-state index is 12.5. The number of hydrogen-bond acceptors (Lipinski definition) is 2. The second-order valence-corrected chi connectivity index (χ2v) is 5.50. The van der Waals surface area contributed by atoms with Crippen LogP contribution in [0.5, 0.6) is 0 Å². The van der Waals surface area contributed by atoms with Crippen molar-refractivity contribution in [2.24, 2.45) is 0 Å². The molecule has 0 bridgehead atoms. The van der Waals surface area contributed by atoms with Crippen molar-refractivity contribution in [2.45, 2.75) is 32.2 Å². The Kier molecular flexibility index (Phi) is 5.08. The molecule has 3 nitrogen and oxygen atoms in total. The highest BCUT2D eigenvalue weighted by atomic mass is 35.5. The number of carbonyl (C=O) groups excluding carboxylic acids is 1. The molecule has 5 heteroatoms. The van der Waals surface area contributed by atoms with Crippen LogP contribution >= 0.6 is 23.2 Å². The van der Waals surface area contributed by atoms with E-state index in [9.17, 15) is 4.79 Å². The van der Waals surface area contributed by atoms with E-state index in [1.54, 1.807) is 11.0 Å². The SMILES string of the molecule is CCCNC1CCCN(c2cccc(Cl)c2Cl)C1=O. The normalized spacial score (nSPS) is 19.8. The maximum Gasteiger partial charge on any atom is 0.244 e. The van der Waals surface area contributed by atoms with E-state index >= 15 is 0 Å². The van der Waals surface area contributed by atoms with Gasteiger partial charge in [0.2, 0.25) is 5.91 Å². The average Bonchev–Trinajstić information content (AvgIpc) is 2.41. The number of hydrogen-bond donors (Lipinski definition) is 1. The van der Waals surface area contributed by atoms with E-state index in [1.165, 1.54) is 0 Å². The molecule has 0 radical (unpaired) electrons. The Morgan fingerprint density at radius 1 is 1.42 bits per heavy atom. The van der Waals surface area contributed by atoms with Gasteiger partial charge in [-0.1, -0.05) is 36.2 Å². The third-order valence-electron chi connectivity index (χ3n) is 3.30. The minimum Gasteiger partial charge on any atom is -0.310 e. The van der Waals surface area contributed by atoms with Crippen molar-refractivity contribution in [1.29, 1.82) is 0 Å². The zero-order valence-electron chi connectivity index (χ0n) is 11.0. The standard InChI is InChI=1S/C14H18Cl2N2O/c1-2-8-17-11-6-4-9-18(14(11)19)12-7-3-5-10(15)13(12)16/h3,5,7,11,17H,2,4,6,8-9H2,1H3. The van der Waals surface area contributed by atoms with E-state index in [4.69, 9.17) is 23.2 Å². The highest BCUT2D eigenvalue weighted by Gasteiger charge is 2.30. The number of nitrogens with zero attached hydrogens (tertiary/aromatic N) is 1. The first-order valence-corrected chi connectivity index (χ1v) is 7.39. The molecule has 1 aromatic carbocycles. The molecule has 19 heavy (non-hydrogen) atoms. The van der Waals surface area contributed by atoms with Gasteiger partial charge in [0.25, 0.3) is 0 Å². The lowest BCUT2D eigenvalue weighted by Crippen LogP contribution is -2.51. The molecule has 2 rings (SSSR count). The third kappa shape index (κ3) is 3.22. The topological polar surface area (TPSA) is 32.3 Å². The van der Waals surface area contributed by atoms with Crippen LogP contribution in [0, 0.1) is 0 Å². The van der Waals surface area contributed by atoms with Crippen LogP contribution in [0.4, 0.5) is 5.69 Å². The summed E-state index contributed by atoms with van der Waals surface area (Å²) < 4.78 is 0. The van der Waals surface area contributed by atoms with Crippen molar-refractivity contribution >= 4 is 34.8 Å². The van der Waals surface area contributed by atoms with Gasteiger partial charge in [0, 0.05) is 6.54 Å². The number of halogens is 2. The van der Waals surface area contributed by atoms with Crippen molar-refractivity contribution in [1.82, 2.24) is 5.32 Å². The van der Waals surface area contributed by atoms with E-state index in [1.807, 2.05) is 12.1 Å². The molecule has 1 amide bonds. The zero-order valence-corrected chi connectivity index (χ0v) is 12.5. The summed E-state index contributed by atoms with van der Waals surface area (Å²) in [7, 11) is 0. The van der Waals surface area contributed by atoms with Crippen LogP contribution < -0.4 is 10.2 Å². The number of amides is 1. The molecule has 0 spiro atoms. The van der Waals surface area contributed by atoms with Gasteiger partial charge in [-0.2, -0.15) is 0 Å². The summed E-state index contributed by atoms with van der Waals surface area (Å²) in [6, 6.07) is 5.28. The predicted octanol–water partition coefficient (Wildman–Crippen LogP) is 3.49. The van der Waals surface area contributed by atoms with Gasteiger partial charge in [0.1, 0.15) is 0 Å². The first-order valence-electron chi connectivity index (χ1n) is 6.64. The van der Waals surface area contributed by atoms with E-state index < -0.39 is 0 Å². The zero-order chi connectivity index (χ0) is 13.8. The van der Waals surface area contributed by atoms with Crippen molar-refractivity contribution in [2.75, 3.05) is 18.0 Å². The first-order chi connectivity index (χ1) is 9.15. The second-order valence-electron chi connectivity index (χ2n) is 4.71. The van der Waals surface area contributed by atoms with Crippen LogP contribution in [0.3, 0.4) is 0 Å². The van der Waals surface area contributed by atoms with E-state index in [0.29, 0.717) is 22.3 Å². The summed E-state index contributed by atoms with van der Waals surface area (Å²) in [5.41, 5.74) is 0.710. The van der Waals surface area contributed by atoms with Gasteiger partial charge in [0.15, 0.2) is 0 Å². The number of benzene rings is 1. The Morgan fingerprint density at radius 2 is 2.21 bits per heavy atom. The van der Waals surface area contributed by atoms with Crippen molar-refractivity contribution < 1.29 is 4.79 Å². The Labute approximate surface area is 123 Å². The average molecular weight is 301 g/mol. The van der Waals surface area contributed by atoms with Crippen LogP contribution in [-0.4, -0.2) is 25.0 Å². The largest absolute Gasteiger partial charge is 0.310 e. The van der Waals surface area contributed by atoms with Crippen LogP contribution in [-0.2, 0) is 4.79 Å². The lowest BCUT2D eigenvalue weighted by Gasteiger charge is -2.33. The smallest absolute Gasteiger partial charge is 0.244 e. The van der Waals surface area contributed by atoms with Crippen LogP contribution in [0.25, 0.3) is 0 Å². The van der Waals surface area contributed by atoms with Gasteiger partial charge in [-0.05, 0) is 37.9 Å². The summed E-state index contributed by atoms with van der Waals surface area (Å²) in [4.78, 5) is 14.2. The minimum absolute atomic E-state index is 0.0869. The van der Waals surface area contributed by atoms with Gasteiger partial charge in [-0.15, -0.1) is 0 Å². The van der Waals surface area contributed by atoms with Gasteiger partial charge >= 0.3 is 0 Å². The first kappa shape index (κ1) is 14.6. The number of piperidine rings is 1. The molecule has 1 aliphatic heterocycles. The Bertz CT molecular complexity index is 465. The van der Waals surface area contributed by atoms with Crippen LogP contribution in [0.15, 0.2) is 18.2 Å². The monoisotopic (exact) mass is 300 g/mol. The molecular formula is C14H18Cl2N2O. The summed E-state index contributed by atoms with van der Waals surface area (Å²) >= 11 is 12.2. The molecule has 1 unspecified atom stereocenters. The van der Waals surface area contributed by atoms with Gasteiger partial charge in [-0.25, -0.2) is 0 Å². The molecular weight excluding hydrogens is 283 g/mol. The summed E-state index contributed by atoms with van der Waals surface area (Å²) in [6.07, 6.45) is 2.87. The molecule has 1 saturated heterocycles. The number of nitrogens with one attached hydrogen (secondary N) is 1. The number of rotatable bonds is 4. The quantitative estimate of drug-likeness (QED) is 0.923. The fourth-order valence-electron chi connectivity index (χ4n) is 2.32.